The summed E-state index contributed by atoms with van der Waals surface area (Å²) in [6.45, 7) is 2.72. The Balaban J connectivity index is 1.40. The third-order valence-electron chi connectivity index (χ3n) is 5.00. The second-order valence-electron chi connectivity index (χ2n) is 7.12. The van der Waals surface area contributed by atoms with Crippen molar-refractivity contribution in [2.45, 2.75) is 25.9 Å². The largest absolute Gasteiger partial charge is 0.487 e. The molecule has 30 heavy (non-hydrogen) atoms. The maximum Gasteiger partial charge on any atom is 0.265 e. The number of likely N-dealkylation sites (tertiary alicyclic amines) is 1. The first-order valence-corrected chi connectivity index (χ1v) is 10.4. The first kappa shape index (κ1) is 20.4. The number of benzene rings is 2. The number of aromatic nitrogens is 1. The molecule has 0 aliphatic carbocycles. The summed E-state index contributed by atoms with van der Waals surface area (Å²) in [6, 6.07) is 9.23. The number of carbonyl (C=O) groups is 1. The molecule has 1 aliphatic heterocycles. The Labute approximate surface area is 175 Å². The van der Waals surface area contributed by atoms with Gasteiger partial charge in [-0.25, -0.2) is 18.2 Å². The van der Waals surface area contributed by atoms with E-state index in [0.29, 0.717) is 41.5 Å². The van der Waals surface area contributed by atoms with Crippen molar-refractivity contribution in [3.63, 3.8) is 0 Å². The molecule has 1 aliphatic rings. The number of hydrogen-bond acceptors (Lipinski definition) is 4. The zero-order chi connectivity index (χ0) is 21.3. The molecule has 0 unspecified atom stereocenters. The van der Waals surface area contributed by atoms with Crippen LogP contribution < -0.4 is 4.74 Å². The molecule has 3 aromatic rings. The highest BCUT2D eigenvalue weighted by Crippen LogP contribution is 2.30. The van der Waals surface area contributed by atoms with Gasteiger partial charge in [-0.1, -0.05) is 0 Å². The summed E-state index contributed by atoms with van der Waals surface area (Å²) in [5, 5.41) is 0.667. The summed E-state index contributed by atoms with van der Waals surface area (Å²) in [6.07, 6.45) is 0.850. The highest BCUT2D eigenvalue weighted by Gasteiger charge is 2.28. The van der Waals surface area contributed by atoms with Crippen molar-refractivity contribution in [3.05, 3.63) is 70.5 Å². The number of halogens is 3. The molecule has 2 heterocycles. The number of rotatable bonds is 4. The Morgan fingerprint density at radius 3 is 2.40 bits per heavy atom. The number of carbonyl (C=O) groups excluding carboxylic acids is 1. The predicted octanol–water partition coefficient (Wildman–Crippen LogP) is 5.22. The van der Waals surface area contributed by atoms with Crippen molar-refractivity contribution in [2.75, 3.05) is 13.1 Å². The van der Waals surface area contributed by atoms with E-state index in [2.05, 4.69) is 4.98 Å². The molecular weight excluding hydrogens is 413 g/mol. The summed E-state index contributed by atoms with van der Waals surface area (Å²) in [4.78, 5) is 19.7. The van der Waals surface area contributed by atoms with Crippen LogP contribution >= 0.6 is 11.3 Å². The summed E-state index contributed by atoms with van der Waals surface area (Å²) in [5.74, 6) is -1.80. The number of hydrogen-bond donors (Lipinski definition) is 0. The van der Waals surface area contributed by atoms with E-state index in [1.165, 1.54) is 29.5 Å². The molecule has 8 heteroatoms. The lowest BCUT2D eigenvalue weighted by molar-refractivity contribution is 0.0591. The van der Waals surface area contributed by atoms with Gasteiger partial charge in [0.15, 0.2) is 11.6 Å². The number of nitrogens with zero attached hydrogens (tertiary/aromatic N) is 2. The van der Waals surface area contributed by atoms with E-state index in [-0.39, 0.29) is 23.6 Å². The molecule has 2 aromatic carbocycles. The molecule has 0 atom stereocenters. The van der Waals surface area contributed by atoms with Crippen molar-refractivity contribution in [1.82, 2.24) is 9.88 Å². The number of amides is 1. The first-order chi connectivity index (χ1) is 14.4. The smallest absolute Gasteiger partial charge is 0.265 e. The molecule has 0 N–H and O–H groups in total. The topological polar surface area (TPSA) is 42.4 Å². The van der Waals surface area contributed by atoms with Crippen molar-refractivity contribution in [3.8, 4) is 16.3 Å². The monoisotopic (exact) mass is 432 g/mol. The van der Waals surface area contributed by atoms with Crippen LogP contribution in [-0.4, -0.2) is 35.0 Å². The molecule has 156 valence electrons. The Kier molecular flexibility index (Phi) is 5.76. The van der Waals surface area contributed by atoms with Crippen LogP contribution in [0.4, 0.5) is 13.2 Å². The van der Waals surface area contributed by atoms with E-state index in [9.17, 15) is 18.0 Å². The van der Waals surface area contributed by atoms with Gasteiger partial charge in [0.1, 0.15) is 27.6 Å². The van der Waals surface area contributed by atoms with Gasteiger partial charge in [0.2, 0.25) is 0 Å². The Morgan fingerprint density at radius 2 is 1.73 bits per heavy atom. The predicted molar refractivity (Wildman–Crippen MR) is 108 cm³/mol. The van der Waals surface area contributed by atoms with Gasteiger partial charge in [-0.05, 0) is 43.3 Å². The lowest BCUT2D eigenvalue weighted by atomic mass is 10.1. The normalized spacial score (nSPS) is 14.7. The molecule has 0 saturated carbocycles. The summed E-state index contributed by atoms with van der Waals surface area (Å²) < 4.78 is 45.6. The second kappa shape index (κ2) is 8.47. The number of ether oxygens (including phenoxy) is 1. The Bertz CT molecular complexity index is 1060. The maximum atomic E-state index is 13.8. The van der Waals surface area contributed by atoms with Crippen molar-refractivity contribution in [1.29, 1.82) is 0 Å². The molecule has 1 amide bonds. The van der Waals surface area contributed by atoms with E-state index in [1.807, 2.05) is 0 Å². The lowest BCUT2D eigenvalue weighted by Gasteiger charge is -2.32. The average molecular weight is 432 g/mol. The second-order valence-corrected chi connectivity index (χ2v) is 8.12. The minimum absolute atomic E-state index is 0.0171. The molecule has 0 radical (unpaired) electrons. The van der Waals surface area contributed by atoms with Crippen molar-refractivity contribution >= 4 is 17.2 Å². The summed E-state index contributed by atoms with van der Waals surface area (Å²) >= 11 is 1.29. The third-order valence-corrected chi connectivity index (χ3v) is 6.19. The van der Waals surface area contributed by atoms with Gasteiger partial charge in [0, 0.05) is 37.6 Å². The van der Waals surface area contributed by atoms with Crippen LogP contribution in [0, 0.1) is 24.4 Å². The van der Waals surface area contributed by atoms with Crippen LogP contribution in [0.25, 0.3) is 10.6 Å². The number of piperidine rings is 1. The van der Waals surface area contributed by atoms with E-state index >= 15 is 0 Å². The van der Waals surface area contributed by atoms with E-state index < -0.39 is 11.6 Å². The minimum atomic E-state index is -0.734. The van der Waals surface area contributed by atoms with Gasteiger partial charge < -0.3 is 9.64 Å². The molecule has 1 aromatic heterocycles. The summed E-state index contributed by atoms with van der Waals surface area (Å²) in [7, 11) is 0. The fourth-order valence-electron chi connectivity index (χ4n) is 3.38. The maximum absolute atomic E-state index is 13.8. The average Bonchev–Trinajstić information content (AvgIpc) is 3.12. The van der Waals surface area contributed by atoms with Crippen LogP contribution in [-0.2, 0) is 0 Å². The molecule has 1 fully saturated rings. The van der Waals surface area contributed by atoms with Crippen LogP contribution in [0.3, 0.4) is 0 Å². The fraction of sp³-hybridized carbons (Fsp3) is 0.273. The molecule has 4 rings (SSSR count). The minimum Gasteiger partial charge on any atom is -0.487 e. The highest BCUT2D eigenvalue weighted by atomic mass is 32.1. The molecule has 0 spiro atoms. The van der Waals surface area contributed by atoms with E-state index in [1.54, 1.807) is 24.0 Å². The van der Waals surface area contributed by atoms with Gasteiger partial charge in [-0.2, -0.15) is 0 Å². The van der Waals surface area contributed by atoms with Crippen LogP contribution in [0.2, 0.25) is 0 Å². The van der Waals surface area contributed by atoms with Gasteiger partial charge in [-0.3, -0.25) is 4.79 Å². The Morgan fingerprint density at radius 1 is 1.07 bits per heavy atom. The molecule has 0 bridgehead atoms. The Hall–Kier alpha value is -2.87. The van der Waals surface area contributed by atoms with Gasteiger partial charge in [-0.15, -0.1) is 11.3 Å². The van der Waals surface area contributed by atoms with Crippen LogP contribution in [0.15, 0.2) is 42.5 Å². The number of thiazole rings is 1. The SMILES string of the molecule is Cc1nc(-c2ccc(F)cc2)sc1C(=O)N1CCC(Oc2ccc(F)cc2F)CC1. The molecule has 1 saturated heterocycles. The molecular formula is C22H19F3N2O2S. The molecule has 4 nitrogen and oxygen atoms in total. The van der Waals surface area contributed by atoms with Gasteiger partial charge in [0.05, 0.1) is 5.69 Å². The van der Waals surface area contributed by atoms with Crippen molar-refractivity contribution in [2.24, 2.45) is 0 Å². The van der Waals surface area contributed by atoms with E-state index in [0.717, 1.165) is 17.7 Å². The van der Waals surface area contributed by atoms with Gasteiger partial charge in [0.25, 0.3) is 5.91 Å². The van der Waals surface area contributed by atoms with Gasteiger partial charge >= 0.3 is 0 Å². The van der Waals surface area contributed by atoms with E-state index in [4.69, 9.17) is 4.74 Å². The standard InChI is InChI=1S/C22H19F3N2O2S/c1-13-20(30-21(26-13)14-2-4-15(23)5-3-14)22(28)27-10-8-17(9-11-27)29-19-7-6-16(24)12-18(19)25/h2-7,12,17H,8-11H2,1H3. The quantitative estimate of drug-likeness (QED) is 0.568. The zero-order valence-corrected chi connectivity index (χ0v) is 17.0. The first-order valence-electron chi connectivity index (χ1n) is 9.55. The van der Waals surface area contributed by atoms with Crippen LogP contribution in [0.5, 0.6) is 5.75 Å². The lowest BCUT2D eigenvalue weighted by Crippen LogP contribution is -2.41. The van der Waals surface area contributed by atoms with Crippen LogP contribution in [0.1, 0.15) is 28.2 Å². The zero-order valence-electron chi connectivity index (χ0n) is 16.2. The van der Waals surface area contributed by atoms with Crippen molar-refractivity contribution < 1.29 is 22.7 Å². The third kappa shape index (κ3) is 4.33. The summed E-state index contributed by atoms with van der Waals surface area (Å²) in [5.41, 5.74) is 1.40. The highest BCUT2D eigenvalue weighted by molar-refractivity contribution is 7.17. The fourth-order valence-corrected chi connectivity index (χ4v) is 4.42. The number of aryl methyl sites for hydroxylation is 1.